The second kappa shape index (κ2) is 8.24. The van der Waals surface area contributed by atoms with Crippen molar-refractivity contribution in [2.24, 2.45) is 5.16 Å². The first-order chi connectivity index (χ1) is 14.6. The van der Waals surface area contributed by atoms with Gasteiger partial charge >= 0.3 is 0 Å². The molecule has 2 N–H and O–H groups in total. The number of allylic oxidation sites excluding steroid dienone is 1. The fourth-order valence-corrected chi connectivity index (χ4v) is 3.34. The molecule has 0 spiro atoms. The zero-order valence-corrected chi connectivity index (χ0v) is 17.2. The number of hydrogen-bond donors (Lipinski definition) is 1. The minimum absolute atomic E-state index is 0.271. The Balaban J connectivity index is 1.67. The van der Waals surface area contributed by atoms with E-state index >= 15 is 0 Å². The standard InChI is InChI=1S/C23H23N5O2/c1-4-20(30-27-15(2)13-16-9-6-5-7-10-16)18-14-19-17-11-8-12-21(29-3)22(17)25-23(24)28(19)26-18/h4-12,14H,13H2,1-3H3,(H2,24,25)/b20-4-,27-15+. The van der Waals surface area contributed by atoms with E-state index in [0.29, 0.717) is 29.1 Å². The molecule has 2 heterocycles. The number of ether oxygens (including phenoxy) is 1. The zero-order chi connectivity index (χ0) is 21.1. The van der Waals surface area contributed by atoms with Crippen LogP contribution in [0.2, 0.25) is 0 Å². The van der Waals surface area contributed by atoms with Crippen LogP contribution >= 0.6 is 0 Å². The molecule has 2 aromatic carbocycles. The molecule has 0 unspecified atom stereocenters. The van der Waals surface area contributed by atoms with Gasteiger partial charge in [-0.05, 0) is 37.6 Å². The van der Waals surface area contributed by atoms with Crippen molar-refractivity contribution in [3.8, 4) is 5.75 Å². The Bertz CT molecular complexity index is 1260. The molecule has 0 aliphatic rings. The minimum atomic E-state index is 0.271. The maximum Gasteiger partial charge on any atom is 0.222 e. The largest absolute Gasteiger partial charge is 0.494 e. The van der Waals surface area contributed by atoms with Gasteiger partial charge in [-0.15, -0.1) is 0 Å². The van der Waals surface area contributed by atoms with Crippen LogP contribution in [0.3, 0.4) is 0 Å². The summed E-state index contributed by atoms with van der Waals surface area (Å²) in [5.41, 5.74) is 10.3. The van der Waals surface area contributed by atoms with Crippen molar-refractivity contribution in [1.82, 2.24) is 14.6 Å². The lowest BCUT2D eigenvalue weighted by atomic mass is 10.1. The van der Waals surface area contributed by atoms with E-state index in [0.717, 1.165) is 16.6 Å². The van der Waals surface area contributed by atoms with Crippen LogP contribution in [-0.4, -0.2) is 27.4 Å². The predicted octanol–water partition coefficient (Wildman–Crippen LogP) is 4.47. The number of aromatic nitrogens is 3. The van der Waals surface area contributed by atoms with Gasteiger partial charge in [0.05, 0.1) is 18.3 Å². The number of benzene rings is 2. The third-order valence-corrected chi connectivity index (χ3v) is 4.76. The van der Waals surface area contributed by atoms with Crippen LogP contribution in [-0.2, 0) is 11.3 Å². The second-order valence-electron chi connectivity index (χ2n) is 6.89. The number of nitrogens with two attached hydrogens (primary N) is 1. The van der Waals surface area contributed by atoms with Gasteiger partial charge in [0.1, 0.15) is 17.0 Å². The third-order valence-electron chi connectivity index (χ3n) is 4.76. The highest BCUT2D eigenvalue weighted by Gasteiger charge is 2.15. The van der Waals surface area contributed by atoms with Gasteiger partial charge < -0.3 is 15.3 Å². The first-order valence-corrected chi connectivity index (χ1v) is 9.63. The maximum atomic E-state index is 6.15. The molecule has 0 aliphatic carbocycles. The highest BCUT2D eigenvalue weighted by molar-refractivity contribution is 5.98. The number of nitrogens with zero attached hydrogens (tertiary/aromatic N) is 4. The van der Waals surface area contributed by atoms with E-state index in [1.165, 1.54) is 5.56 Å². The summed E-state index contributed by atoms with van der Waals surface area (Å²) in [6, 6.07) is 17.8. The molecule has 2 aromatic heterocycles. The van der Waals surface area contributed by atoms with E-state index < -0.39 is 0 Å². The van der Waals surface area contributed by atoms with Crippen molar-refractivity contribution in [3.63, 3.8) is 0 Å². The van der Waals surface area contributed by atoms with Crippen molar-refractivity contribution < 1.29 is 9.57 Å². The van der Waals surface area contributed by atoms with Crippen molar-refractivity contribution in [1.29, 1.82) is 0 Å². The summed E-state index contributed by atoms with van der Waals surface area (Å²) in [5.74, 6) is 1.47. The van der Waals surface area contributed by atoms with E-state index in [1.54, 1.807) is 11.6 Å². The molecule has 0 saturated carbocycles. The number of methoxy groups -OCH3 is 1. The summed E-state index contributed by atoms with van der Waals surface area (Å²) < 4.78 is 7.02. The Hall–Kier alpha value is -3.87. The molecule has 0 atom stereocenters. The molecule has 4 aromatic rings. The quantitative estimate of drug-likeness (QED) is 0.293. The summed E-state index contributed by atoms with van der Waals surface area (Å²) in [5, 5.41) is 9.75. The molecule has 7 heteroatoms. The van der Waals surface area contributed by atoms with Crippen LogP contribution < -0.4 is 10.5 Å². The molecule has 30 heavy (non-hydrogen) atoms. The molecule has 0 amide bonds. The van der Waals surface area contributed by atoms with Gasteiger partial charge in [0, 0.05) is 11.8 Å². The number of nitrogen functional groups attached to an aromatic ring is 1. The van der Waals surface area contributed by atoms with Crippen LogP contribution in [0.4, 0.5) is 5.95 Å². The van der Waals surface area contributed by atoms with Crippen LogP contribution in [0.1, 0.15) is 25.1 Å². The lowest BCUT2D eigenvalue weighted by Gasteiger charge is -2.07. The van der Waals surface area contributed by atoms with Crippen LogP contribution in [0.5, 0.6) is 5.75 Å². The smallest absolute Gasteiger partial charge is 0.222 e. The molecule has 7 nitrogen and oxygen atoms in total. The van der Waals surface area contributed by atoms with E-state index in [2.05, 4.69) is 27.4 Å². The predicted molar refractivity (Wildman–Crippen MR) is 119 cm³/mol. The van der Waals surface area contributed by atoms with Gasteiger partial charge in [-0.3, -0.25) is 0 Å². The number of oxime groups is 1. The molecule has 0 fully saturated rings. The van der Waals surface area contributed by atoms with Gasteiger partial charge in [-0.25, -0.2) is 4.98 Å². The highest BCUT2D eigenvalue weighted by atomic mass is 16.6. The van der Waals surface area contributed by atoms with Crippen molar-refractivity contribution >= 4 is 33.8 Å². The lowest BCUT2D eigenvalue weighted by molar-refractivity contribution is 0.294. The summed E-state index contributed by atoms with van der Waals surface area (Å²) in [6.07, 6.45) is 2.54. The number of fused-ring (bicyclic) bond motifs is 3. The Morgan fingerprint density at radius 2 is 1.97 bits per heavy atom. The molecule has 0 bridgehead atoms. The third kappa shape index (κ3) is 3.69. The van der Waals surface area contributed by atoms with Gasteiger partial charge in [0.25, 0.3) is 0 Å². The first-order valence-electron chi connectivity index (χ1n) is 9.63. The Kier molecular flexibility index (Phi) is 5.34. The van der Waals surface area contributed by atoms with Crippen molar-refractivity contribution in [3.05, 3.63) is 71.9 Å². The van der Waals surface area contributed by atoms with E-state index in [4.69, 9.17) is 15.3 Å². The van der Waals surface area contributed by atoms with Crippen molar-refractivity contribution in [2.45, 2.75) is 20.3 Å². The zero-order valence-electron chi connectivity index (χ0n) is 17.2. The fraction of sp³-hybridized carbons (Fsp3) is 0.174. The highest BCUT2D eigenvalue weighted by Crippen LogP contribution is 2.30. The molecule has 152 valence electrons. The van der Waals surface area contributed by atoms with E-state index in [-0.39, 0.29) is 5.95 Å². The summed E-state index contributed by atoms with van der Waals surface area (Å²) >= 11 is 0. The van der Waals surface area contributed by atoms with Gasteiger partial charge in [-0.2, -0.15) is 9.61 Å². The molecule has 0 radical (unpaired) electrons. The summed E-state index contributed by atoms with van der Waals surface area (Å²) in [4.78, 5) is 10.2. The van der Waals surface area contributed by atoms with Crippen LogP contribution in [0, 0.1) is 0 Å². The van der Waals surface area contributed by atoms with Crippen molar-refractivity contribution in [2.75, 3.05) is 12.8 Å². The molecule has 0 aliphatic heterocycles. The monoisotopic (exact) mass is 401 g/mol. The molecular formula is C23H23N5O2. The maximum absolute atomic E-state index is 6.15. The lowest BCUT2D eigenvalue weighted by Crippen LogP contribution is -2.03. The van der Waals surface area contributed by atoms with Crippen LogP contribution in [0.25, 0.3) is 22.2 Å². The minimum Gasteiger partial charge on any atom is -0.494 e. The van der Waals surface area contributed by atoms with Gasteiger partial charge in [0.15, 0.2) is 5.76 Å². The van der Waals surface area contributed by atoms with E-state index in [1.807, 2.05) is 62.4 Å². The Morgan fingerprint density at radius 1 is 1.17 bits per heavy atom. The average molecular weight is 401 g/mol. The van der Waals surface area contributed by atoms with Gasteiger partial charge in [-0.1, -0.05) is 47.6 Å². The molecule has 4 rings (SSSR count). The SMILES string of the molecule is C/C=C(\O/N=C(\C)Cc1ccccc1)c1cc2c3cccc(OC)c3nc(N)n2n1. The summed E-state index contributed by atoms with van der Waals surface area (Å²) in [6.45, 7) is 3.82. The normalized spacial score (nSPS) is 12.5. The average Bonchev–Trinajstić information content (AvgIpc) is 3.21. The van der Waals surface area contributed by atoms with Crippen LogP contribution in [0.15, 0.2) is 65.8 Å². The number of hydrogen-bond acceptors (Lipinski definition) is 6. The fourth-order valence-electron chi connectivity index (χ4n) is 3.34. The number of rotatable bonds is 6. The first kappa shape index (κ1) is 19.4. The topological polar surface area (TPSA) is 87.0 Å². The molecular weight excluding hydrogens is 378 g/mol. The number of anilines is 1. The Labute approximate surface area is 174 Å². The van der Waals surface area contributed by atoms with E-state index in [9.17, 15) is 0 Å². The molecule has 0 saturated heterocycles. The Morgan fingerprint density at radius 3 is 2.70 bits per heavy atom. The van der Waals surface area contributed by atoms with Gasteiger partial charge in [0.2, 0.25) is 5.95 Å². The summed E-state index contributed by atoms with van der Waals surface area (Å²) in [7, 11) is 1.61. The second-order valence-corrected chi connectivity index (χ2v) is 6.89. The number of para-hydroxylation sites is 1.